The van der Waals surface area contributed by atoms with Gasteiger partial charge in [-0.05, 0) is 32.2 Å². The molecule has 0 aromatic carbocycles. The molecule has 17 heavy (non-hydrogen) atoms. The average molecular weight is 237 g/mol. The van der Waals surface area contributed by atoms with Crippen LogP contribution in [0.15, 0.2) is 6.20 Å². The number of hydrogen-bond acceptors (Lipinski definition) is 3. The summed E-state index contributed by atoms with van der Waals surface area (Å²) in [6.45, 7) is 8.62. The van der Waals surface area contributed by atoms with Crippen molar-refractivity contribution in [1.29, 1.82) is 0 Å². The molecule has 96 valence electrons. The van der Waals surface area contributed by atoms with Crippen LogP contribution in [-0.2, 0) is 12.1 Å². The van der Waals surface area contributed by atoms with E-state index in [-0.39, 0.29) is 5.54 Å². The summed E-state index contributed by atoms with van der Waals surface area (Å²) in [6.07, 6.45) is 4.21. The van der Waals surface area contributed by atoms with Crippen molar-refractivity contribution >= 4 is 0 Å². The second-order valence-corrected chi connectivity index (χ2v) is 5.03. The van der Waals surface area contributed by atoms with Gasteiger partial charge in [-0.25, -0.2) is 0 Å². The number of nitrogens with zero attached hydrogens (tertiary/aromatic N) is 2. The normalized spacial score (nSPS) is 24.5. The largest absolute Gasteiger partial charge is 0.493 e. The topological polar surface area (TPSA) is 39.1 Å². The van der Waals surface area contributed by atoms with Crippen molar-refractivity contribution in [3.05, 3.63) is 11.9 Å². The predicted octanol–water partition coefficient (Wildman–Crippen LogP) is 2.15. The number of hydrogen-bond donors (Lipinski definition) is 1. The van der Waals surface area contributed by atoms with Gasteiger partial charge in [0.2, 0.25) is 0 Å². The van der Waals surface area contributed by atoms with Gasteiger partial charge in [0, 0.05) is 6.54 Å². The molecule has 0 aliphatic carbocycles. The summed E-state index contributed by atoms with van der Waals surface area (Å²) in [5.41, 5.74) is 1.24. The van der Waals surface area contributed by atoms with Gasteiger partial charge in [0.15, 0.2) is 5.75 Å². The molecule has 1 aliphatic rings. The zero-order valence-electron chi connectivity index (χ0n) is 11.3. The molecule has 0 amide bonds. The van der Waals surface area contributed by atoms with Crippen LogP contribution in [0.5, 0.6) is 5.75 Å². The second kappa shape index (κ2) is 4.69. The molecule has 2 heterocycles. The molecule has 1 unspecified atom stereocenters. The highest BCUT2D eigenvalue weighted by Crippen LogP contribution is 2.41. The van der Waals surface area contributed by atoms with Crippen molar-refractivity contribution in [3.8, 4) is 5.75 Å². The number of methoxy groups -OCH3 is 1. The first kappa shape index (κ1) is 12.4. The summed E-state index contributed by atoms with van der Waals surface area (Å²) in [6, 6.07) is 0. The Morgan fingerprint density at radius 2 is 2.35 bits per heavy atom. The highest BCUT2D eigenvalue weighted by atomic mass is 16.5. The third-order valence-corrected chi connectivity index (χ3v) is 3.92. The van der Waals surface area contributed by atoms with Gasteiger partial charge < -0.3 is 10.1 Å². The van der Waals surface area contributed by atoms with E-state index < -0.39 is 0 Å². The van der Waals surface area contributed by atoms with E-state index in [9.17, 15) is 0 Å². The maximum absolute atomic E-state index is 5.49. The van der Waals surface area contributed by atoms with Crippen LogP contribution >= 0.6 is 0 Å². The lowest BCUT2D eigenvalue weighted by molar-refractivity contribution is 0.245. The maximum Gasteiger partial charge on any atom is 0.161 e. The van der Waals surface area contributed by atoms with E-state index in [0.29, 0.717) is 5.92 Å². The highest BCUT2D eigenvalue weighted by Gasteiger charge is 2.43. The number of aromatic nitrogens is 2. The molecule has 1 fully saturated rings. The molecule has 1 N–H and O–H groups in total. The molecule has 1 aromatic heterocycles. The fourth-order valence-corrected chi connectivity index (χ4v) is 2.94. The maximum atomic E-state index is 5.49. The molecule has 1 aliphatic heterocycles. The lowest BCUT2D eigenvalue weighted by Crippen LogP contribution is -2.43. The Morgan fingerprint density at radius 1 is 1.59 bits per heavy atom. The van der Waals surface area contributed by atoms with Crippen molar-refractivity contribution in [3.63, 3.8) is 0 Å². The number of aryl methyl sites for hydroxylation is 1. The Labute approximate surface area is 103 Å². The van der Waals surface area contributed by atoms with E-state index in [2.05, 4.69) is 35.9 Å². The van der Waals surface area contributed by atoms with Crippen molar-refractivity contribution < 1.29 is 4.74 Å². The molecule has 2 rings (SSSR count). The van der Waals surface area contributed by atoms with Crippen molar-refractivity contribution in [2.45, 2.75) is 45.7 Å². The second-order valence-electron chi connectivity index (χ2n) is 5.03. The average Bonchev–Trinajstić information content (AvgIpc) is 2.95. The first-order valence-electron chi connectivity index (χ1n) is 6.51. The van der Waals surface area contributed by atoms with Crippen LogP contribution in [0, 0.1) is 5.92 Å². The van der Waals surface area contributed by atoms with Crippen molar-refractivity contribution in [2.75, 3.05) is 13.7 Å². The summed E-state index contributed by atoms with van der Waals surface area (Å²) in [7, 11) is 1.73. The zero-order chi connectivity index (χ0) is 12.5. The van der Waals surface area contributed by atoms with Crippen LogP contribution < -0.4 is 10.1 Å². The molecule has 4 nitrogen and oxygen atoms in total. The Hall–Kier alpha value is -1.03. The van der Waals surface area contributed by atoms with Gasteiger partial charge in [0.1, 0.15) is 5.69 Å². The molecule has 0 spiro atoms. The van der Waals surface area contributed by atoms with E-state index in [0.717, 1.165) is 25.3 Å². The minimum Gasteiger partial charge on any atom is -0.493 e. The molecular weight excluding hydrogens is 214 g/mol. The smallest absolute Gasteiger partial charge is 0.161 e. The molecule has 1 atom stereocenters. The molecule has 1 aromatic rings. The van der Waals surface area contributed by atoms with Gasteiger partial charge >= 0.3 is 0 Å². The monoisotopic (exact) mass is 237 g/mol. The van der Waals surface area contributed by atoms with Gasteiger partial charge in [-0.1, -0.05) is 13.8 Å². The zero-order valence-corrected chi connectivity index (χ0v) is 11.3. The van der Waals surface area contributed by atoms with Crippen LogP contribution in [0.3, 0.4) is 0 Å². The fraction of sp³-hybridized carbons (Fsp3) is 0.769. The SMILES string of the molecule is CCn1ncc(OC)c1C1(C(C)C)CCCN1. The Balaban J connectivity index is 2.52. The summed E-state index contributed by atoms with van der Waals surface area (Å²) in [5, 5.41) is 8.11. The van der Waals surface area contributed by atoms with Crippen molar-refractivity contribution in [1.82, 2.24) is 15.1 Å². The first-order valence-corrected chi connectivity index (χ1v) is 6.51. The standard InChI is InChI=1S/C13H23N3O/c1-5-16-12(11(17-4)9-15-16)13(10(2)3)7-6-8-14-13/h9-10,14H,5-8H2,1-4H3. The lowest BCUT2D eigenvalue weighted by Gasteiger charge is -2.35. The number of rotatable bonds is 4. The van der Waals surface area contributed by atoms with Crippen molar-refractivity contribution in [2.24, 2.45) is 5.92 Å². The van der Waals surface area contributed by atoms with Gasteiger partial charge in [0.25, 0.3) is 0 Å². The van der Waals surface area contributed by atoms with Gasteiger partial charge in [0.05, 0.1) is 18.8 Å². The van der Waals surface area contributed by atoms with Crippen LogP contribution in [0.2, 0.25) is 0 Å². The third-order valence-electron chi connectivity index (χ3n) is 3.92. The first-order chi connectivity index (χ1) is 8.15. The van der Waals surface area contributed by atoms with E-state index in [4.69, 9.17) is 4.74 Å². The molecule has 1 saturated heterocycles. The lowest BCUT2D eigenvalue weighted by atomic mass is 9.81. The molecular formula is C13H23N3O. The van der Waals surface area contributed by atoms with Gasteiger partial charge in [-0.15, -0.1) is 0 Å². The minimum absolute atomic E-state index is 0.0256. The Bertz CT molecular complexity index is 357. The van der Waals surface area contributed by atoms with Gasteiger partial charge in [-0.3, -0.25) is 4.68 Å². The summed E-state index contributed by atoms with van der Waals surface area (Å²) < 4.78 is 7.56. The van der Waals surface area contributed by atoms with E-state index >= 15 is 0 Å². The molecule has 0 radical (unpaired) electrons. The van der Waals surface area contributed by atoms with E-state index in [1.165, 1.54) is 12.1 Å². The summed E-state index contributed by atoms with van der Waals surface area (Å²) in [5.74, 6) is 1.44. The Morgan fingerprint density at radius 3 is 2.82 bits per heavy atom. The molecule has 4 heteroatoms. The highest BCUT2D eigenvalue weighted by molar-refractivity contribution is 5.34. The molecule has 0 saturated carbocycles. The summed E-state index contributed by atoms with van der Waals surface area (Å²) >= 11 is 0. The quantitative estimate of drug-likeness (QED) is 0.872. The van der Waals surface area contributed by atoms with Gasteiger partial charge in [-0.2, -0.15) is 5.10 Å². The predicted molar refractivity (Wildman–Crippen MR) is 68.2 cm³/mol. The number of ether oxygens (including phenoxy) is 1. The minimum atomic E-state index is 0.0256. The molecule has 0 bridgehead atoms. The summed E-state index contributed by atoms with van der Waals surface area (Å²) in [4.78, 5) is 0. The number of nitrogens with one attached hydrogen (secondary N) is 1. The van der Waals surface area contributed by atoms with Crippen LogP contribution in [0.4, 0.5) is 0 Å². The Kier molecular flexibility index (Phi) is 3.43. The van der Waals surface area contributed by atoms with Crippen LogP contribution in [0.25, 0.3) is 0 Å². The fourth-order valence-electron chi connectivity index (χ4n) is 2.94. The van der Waals surface area contributed by atoms with E-state index in [1.54, 1.807) is 7.11 Å². The van der Waals surface area contributed by atoms with Crippen LogP contribution in [-0.4, -0.2) is 23.4 Å². The van der Waals surface area contributed by atoms with E-state index in [1.807, 2.05) is 6.20 Å². The third kappa shape index (κ3) is 1.84. The van der Waals surface area contributed by atoms with Crippen LogP contribution in [0.1, 0.15) is 39.3 Å².